The van der Waals surface area contributed by atoms with Gasteiger partial charge >= 0.3 is 0 Å². The Hall–Kier alpha value is -2.06. The zero-order valence-electron chi connectivity index (χ0n) is 20.8. The van der Waals surface area contributed by atoms with Gasteiger partial charge in [-0.25, -0.2) is 4.31 Å². The van der Waals surface area contributed by atoms with E-state index in [9.17, 15) is 4.79 Å². The first-order valence-corrected chi connectivity index (χ1v) is 13.0. The molecule has 1 N–H and O–H groups in total. The minimum absolute atomic E-state index is 0.0322. The molecule has 1 atom stereocenters. The minimum atomic E-state index is -0.0820. The van der Waals surface area contributed by atoms with Crippen LogP contribution >= 0.6 is 11.9 Å². The van der Waals surface area contributed by atoms with Gasteiger partial charge in [-0.1, -0.05) is 37.4 Å². The molecule has 1 amide bonds. The Morgan fingerprint density at radius 3 is 2.79 bits per heavy atom. The van der Waals surface area contributed by atoms with Crippen molar-refractivity contribution in [3.63, 3.8) is 0 Å². The second-order valence-corrected chi connectivity index (χ2v) is 10.5. The molecule has 0 bridgehead atoms. The molecule has 0 radical (unpaired) electrons. The molecule has 0 aliphatic carbocycles. The summed E-state index contributed by atoms with van der Waals surface area (Å²) >= 11 is 1.69. The molecule has 1 fully saturated rings. The van der Waals surface area contributed by atoms with Crippen LogP contribution in [0, 0.1) is 5.92 Å². The number of amides is 1. The van der Waals surface area contributed by atoms with Crippen LogP contribution in [0.5, 0.6) is 5.75 Å². The molecule has 186 valence electrons. The van der Waals surface area contributed by atoms with E-state index in [0.29, 0.717) is 12.5 Å². The van der Waals surface area contributed by atoms with Gasteiger partial charge in [-0.15, -0.1) is 0 Å². The van der Waals surface area contributed by atoms with Crippen LogP contribution in [0.2, 0.25) is 0 Å². The Morgan fingerprint density at radius 2 is 2.06 bits per heavy atom. The molecule has 3 rings (SSSR count). The van der Waals surface area contributed by atoms with Gasteiger partial charge in [-0.2, -0.15) is 0 Å². The van der Waals surface area contributed by atoms with Crippen molar-refractivity contribution in [2.24, 2.45) is 5.92 Å². The zero-order chi connectivity index (χ0) is 24.3. The molecule has 2 aliphatic rings. The van der Waals surface area contributed by atoms with Gasteiger partial charge in [0.25, 0.3) is 5.91 Å². The number of allylic oxidation sites excluding steroid dienone is 1. The first kappa shape index (κ1) is 26.5. The van der Waals surface area contributed by atoms with Gasteiger partial charge in [0.15, 0.2) is 6.61 Å². The average molecular weight is 485 g/mol. The summed E-state index contributed by atoms with van der Waals surface area (Å²) in [4.78, 5) is 18.2. The molecule has 0 aromatic heterocycles. The fourth-order valence-corrected chi connectivity index (χ4v) is 5.57. The number of rotatable bonds is 13. The van der Waals surface area contributed by atoms with Crippen LogP contribution in [-0.4, -0.2) is 86.5 Å². The molecule has 0 spiro atoms. The molecule has 1 unspecified atom stereocenters. The first-order valence-electron chi connectivity index (χ1n) is 12.2. The molecule has 2 aliphatic heterocycles. The summed E-state index contributed by atoms with van der Waals surface area (Å²) in [6.07, 6.45) is 7.04. The average Bonchev–Trinajstić information content (AvgIpc) is 3.25. The molecule has 0 saturated carbocycles. The summed E-state index contributed by atoms with van der Waals surface area (Å²) in [6.45, 7) is 14.8. The highest BCUT2D eigenvalue weighted by molar-refractivity contribution is 7.97. The number of nitrogens with zero attached hydrogens (tertiary/aromatic N) is 3. The maximum Gasteiger partial charge on any atom is 0.257 e. The van der Waals surface area contributed by atoms with Crippen molar-refractivity contribution in [1.29, 1.82) is 0 Å². The highest BCUT2D eigenvalue weighted by Crippen LogP contribution is 2.32. The second kappa shape index (κ2) is 13.7. The molecule has 1 aromatic rings. The summed E-state index contributed by atoms with van der Waals surface area (Å²) in [7, 11) is 4.31. The molecule has 6 nitrogen and oxygen atoms in total. The van der Waals surface area contributed by atoms with Crippen molar-refractivity contribution in [1.82, 2.24) is 19.4 Å². The summed E-state index contributed by atoms with van der Waals surface area (Å²) in [6, 6.07) is 7.95. The number of ether oxygens (including phenoxy) is 1. The van der Waals surface area contributed by atoms with Gasteiger partial charge in [-0.3, -0.25) is 9.69 Å². The van der Waals surface area contributed by atoms with E-state index in [1.165, 1.54) is 24.1 Å². The van der Waals surface area contributed by atoms with E-state index in [1.807, 2.05) is 30.4 Å². The van der Waals surface area contributed by atoms with E-state index in [2.05, 4.69) is 52.7 Å². The summed E-state index contributed by atoms with van der Waals surface area (Å²) in [5, 5.41) is 2.99. The summed E-state index contributed by atoms with van der Waals surface area (Å²) in [5.41, 5.74) is 2.56. The molecule has 1 saturated heterocycles. The number of carbonyl (C=O) groups is 1. The van der Waals surface area contributed by atoms with E-state index in [1.54, 1.807) is 11.9 Å². The second-order valence-electron chi connectivity index (χ2n) is 9.24. The number of hydrogen-bond acceptors (Lipinski definition) is 6. The minimum Gasteiger partial charge on any atom is -0.483 e. The van der Waals surface area contributed by atoms with Gasteiger partial charge in [0.2, 0.25) is 0 Å². The third-order valence-electron chi connectivity index (χ3n) is 6.44. The SMILES string of the molecule is C=CC1=C(C=C)CN(CCCNC(=O)COc2ccccc2SN(C)CC2CCN(C)C2)CC1. The van der Waals surface area contributed by atoms with Crippen LogP contribution in [0.15, 0.2) is 65.6 Å². The smallest absolute Gasteiger partial charge is 0.257 e. The van der Waals surface area contributed by atoms with Crippen LogP contribution in [-0.2, 0) is 4.79 Å². The maximum absolute atomic E-state index is 12.3. The van der Waals surface area contributed by atoms with Crippen molar-refractivity contribution in [2.75, 3.05) is 66.5 Å². The van der Waals surface area contributed by atoms with Crippen molar-refractivity contribution in [3.05, 3.63) is 60.7 Å². The predicted octanol–water partition coefficient (Wildman–Crippen LogP) is 3.84. The largest absolute Gasteiger partial charge is 0.483 e. The van der Waals surface area contributed by atoms with Gasteiger partial charge < -0.3 is 15.0 Å². The lowest BCUT2D eigenvalue weighted by molar-refractivity contribution is -0.123. The first-order chi connectivity index (χ1) is 16.5. The third-order valence-corrected chi connectivity index (χ3v) is 7.43. The van der Waals surface area contributed by atoms with Crippen LogP contribution in [0.4, 0.5) is 0 Å². The highest BCUT2D eigenvalue weighted by atomic mass is 32.2. The lowest BCUT2D eigenvalue weighted by Gasteiger charge is -2.28. The third kappa shape index (κ3) is 8.31. The molecular weight excluding hydrogens is 444 g/mol. The fourth-order valence-electron chi connectivity index (χ4n) is 4.59. The number of carbonyl (C=O) groups excluding carboxylic acids is 1. The Kier molecular flexibility index (Phi) is 10.7. The fraction of sp³-hybridized carbons (Fsp3) is 0.519. The summed E-state index contributed by atoms with van der Waals surface area (Å²) < 4.78 is 8.16. The molecular formula is C27H40N4O2S. The van der Waals surface area contributed by atoms with E-state index in [4.69, 9.17) is 4.74 Å². The number of para-hydroxylation sites is 1. The van der Waals surface area contributed by atoms with Crippen LogP contribution in [0.1, 0.15) is 19.3 Å². The lowest BCUT2D eigenvalue weighted by atomic mass is 10.00. The normalized spacial score (nSPS) is 19.4. The van der Waals surface area contributed by atoms with Crippen molar-refractivity contribution < 1.29 is 9.53 Å². The van der Waals surface area contributed by atoms with Crippen molar-refractivity contribution in [3.8, 4) is 5.75 Å². The maximum atomic E-state index is 12.3. The van der Waals surface area contributed by atoms with Gasteiger partial charge in [0.05, 0.1) is 4.90 Å². The van der Waals surface area contributed by atoms with Crippen LogP contribution in [0.25, 0.3) is 0 Å². The van der Waals surface area contributed by atoms with Crippen LogP contribution in [0.3, 0.4) is 0 Å². The van der Waals surface area contributed by atoms with Gasteiger partial charge in [0, 0.05) is 39.3 Å². The Bertz CT molecular complexity index is 872. The molecule has 1 aromatic carbocycles. The lowest BCUT2D eigenvalue weighted by Crippen LogP contribution is -2.35. The zero-order valence-corrected chi connectivity index (χ0v) is 21.6. The van der Waals surface area contributed by atoms with E-state index < -0.39 is 0 Å². The van der Waals surface area contributed by atoms with Gasteiger partial charge in [0.1, 0.15) is 5.75 Å². The Labute approximate surface area is 209 Å². The quantitative estimate of drug-likeness (QED) is 0.339. The van der Waals surface area contributed by atoms with E-state index in [-0.39, 0.29) is 12.5 Å². The van der Waals surface area contributed by atoms with Crippen LogP contribution < -0.4 is 10.1 Å². The van der Waals surface area contributed by atoms with E-state index in [0.717, 1.165) is 56.2 Å². The van der Waals surface area contributed by atoms with E-state index >= 15 is 0 Å². The molecule has 2 heterocycles. The Balaban J connectivity index is 1.36. The Morgan fingerprint density at radius 1 is 1.26 bits per heavy atom. The number of likely N-dealkylation sites (tertiary alicyclic amines) is 1. The number of nitrogens with one attached hydrogen (secondary N) is 1. The monoisotopic (exact) mass is 484 g/mol. The van der Waals surface area contributed by atoms with Gasteiger partial charge in [-0.05, 0) is 81.0 Å². The standard InChI is InChI=1S/C27H40N4O2S/c1-5-23-13-17-31(20-24(23)6-2)15-9-14-28-27(32)21-33-25-10-7-8-11-26(25)34-30(4)19-22-12-16-29(3)18-22/h5-8,10-11,22H,1-2,9,12-21H2,3-4H3,(H,28,32). The molecule has 7 heteroatoms. The highest BCUT2D eigenvalue weighted by Gasteiger charge is 2.21. The predicted molar refractivity (Wildman–Crippen MR) is 142 cm³/mol. The topological polar surface area (TPSA) is 48.1 Å². The molecule has 34 heavy (non-hydrogen) atoms. The van der Waals surface area contributed by atoms with Crippen molar-refractivity contribution in [2.45, 2.75) is 24.2 Å². The number of benzene rings is 1. The summed E-state index contributed by atoms with van der Waals surface area (Å²) in [5.74, 6) is 1.38. The number of hydrogen-bond donors (Lipinski definition) is 1. The van der Waals surface area contributed by atoms with Crippen molar-refractivity contribution >= 4 is 17.9 Å².